The number of halogens is 2. The van der Waals surface area contributed by atoms with Crippen molar-refractivity contribution in [3.63, 3.8) is 0 Å². The van der Waals surface area contributed by atoms with E-state index in [2.05, 4.69) is 4.90 Å². The first-order chi connectivity index (χ1) is 7.25. The highest BCUT2D eigenvalue weighted by atomic mass is 35.5. The van der Waals surface area contributed by atoms with Crippen LogP contribution in [-0.2, 0) is 6.54 Å². The molecule has 1 aromatic carbocycles. The minimum absolute atomic E-state index is 0.206. The summed E-state index contributed by atoms with van der Waals surface area (Å²) >= 11 is 5.63. The molecule has 1 nitrogen and oxygen atoms in total. The predicted octanol–water partition coefficient (Wildman–Crippen LogP) is 3.47. The van der Waals surface area contributed by atoms with E-state index in [9.17, 15) is 4.39 Å². The molecule has 0 amide bonds. The molecule has 1 aromatic rings. The van der Waals surface area contributed by atoms with Gasteiger partial charge in [0.15, 0.2) is 0 Å². The molecule has 1 aliphatic heterocycles. The average Bonchev–Trinajstić information content (AvgIpc) is 2.25. The Balaban J connectivity index is 2.00. The van der Waals surface area contributed by atoms with Crippen LogP contribution in [0.5, 0.6) is 0 Å². The van der Waals surface area contributed by atoms with E-state index in [0.717, 1.165) is 25.2 Å². The molecule has 82 valence electrons. The van der Waals surface area contributed by atoms with Crippen molar-refractivity contribution < 1.29 is 4.39 Å². The molecule has 0 atom stereocenters. The first-order valence-electron chi connectivity index (χ1n) is 5.42. The van der Waals surface area contributed by atoms with Gasteiger partial charge < -0.3 is 0 Å². The largest absolute Gasteiger partial charge is 0.299 e. The molecule has 2 rings (SSSR count). The summed E-state index contributed by atoms with van der Waals surface area (Å²) in [6, 6.07) is 5.08. The van der Waals surface area contributed by atoms with E-state index in [0.29, 0.717) is 0 Å². The zero-order valence-corrected chi connectivity index (χ0v) is 9.43. The SMILES string of the molecule is Fc1cc(CN2CCCCC2)ccc1Cl. The zero-order valence-electron chi connectivity index (χ0n) is 8.68. The van der Waals surface area contributed by atoms with Gasteiger partial charge in [0.05, 0.1) is 5.02 Å². The van der Waals surface area contributed by atoms with Gasteiger partial charge >= 0.3 is 0 Å². The highest BCUT2D eigenvalue weighted by Crippen LogP contribution is 2.18. The molecule has 0 saturated carbocycles. The fourth-order valence-corrected chi connectivity index (χ4v) is 2.13. The third kappa shape index (κ3) is 2.93. The second-order valence-corrected chi connectivity index (χ2v) is 4.49. The normalized spacial score (nSPS) is 18.0. The highest BCUT2D eigenvalue weighted by Gasteiger charge is 2.11. The van der Waals surface area contributed by atoms with Crippen LogP contribution in [0.1, 0.15) is 24.8 Å². The van der Waals surface area contributed by atoms with Gasteiger partial charge in [0.2, 0.25) is 0 Å². The second-order valence-electron chi connectivity index (χ2n) is 4.09. The fourth-order valence-electron chi connectivity index (χ4n) is 2.01. The van der Waals surface area contributed by atoms with Crippen molar-refractivity contribution in [3.8, 4) is 0 Å². The molecule has 15 heavy (non-hydrogen) atoms. The average molecular weight is 228 g/mol. The van der Waals surface area contributed by atoms with Crippen LogP contribution in [0.3, 0.4) is 0 Å². The van der Waals surface area contributed by atoms with Gasteiger partial charge in [0.1, 0.15) is 5.82 Å². The van der Waals surface area contributed by atoms with Crippen molar-refractivity contribution in [3.05, 3.63) is 34.6 Å². The lowest BCUT2D eigenvalue weighted by atomic mass is 10.1. The van der Waals surface area contributed by atoms with Crippen molar-refractivity contribution in [2.45, 2.75) is 25.8 Å². The maximum Gasteiger partial charge on any atom is 0.142 e. The van der Waals surface area contributed by atoms with Gasteiger partial charge in [-0.1, -0.05) is 24.1 Å². The van der Waals surface area contributed by atoms with E-state index < -0.39 is 0 Å². The van der Waals surface area contributed by atoms with Crippen molar-refractivity contribution in [1.29, 1.82) is 0 Å². The lowest BCUT2D eigenvalue weighted by Gasteiger charge is -2.26. The number of piperidine rings is 1. The Bertz CT molecular complexity index is 334. The topological polar surface area (TPSA) is 3.24 Å². The Labute approximate surface area is 94.8 Å². The first-order valence-corrected chi connectivity index (χ1v) is 5.80. The maximum absolute atomic E-state index is 13.2. The maximum atomic E-state index is 13.2. The smallest absolute Gasteiger partial charge is 0.142 e. The lowest BCUT2D eigenvalue weighted by molar-refractivity contribution is 0.220. The molecule has 0 spiro atoms. The number of likely N-dealkylation sites (tertiary alicyclic amines) is 1. The van der Waals surface area contributed by atoms with Gasteiger partial charge in [0, 0.05) is 6.54 Å². The third-order valence-corrected chi connectivity index (χ3v) is 3.15. The van der Waals surface area contributed by atoms with Gasteiger partial charge in [-0.3, -0.25) is 4.90 Å². The number of benzene rings is 1. The molecule has 3 heteroatoms. The van der Waals surface area contributed by atoms with Crippen LogP contribution in [0.2, 0.25) is 5.02 Å². The molecule has 1 saturated heterocycles. The third-order valence-electron chi connectivity index (χ3n) is 2.84. The van der Waals surface area contributed by atoms with Crippen LogP contribution in [0, 0.1) is 5.82 Å². The van der Waals surface area contributed by atoms with Crippen LogP contribution in [0.15, 0.2) is 18.2 Å². The Kier molecular flexibility index (Phi) is 3.60. The minimum Gasteiger partial charge on any atom is -0.299 e. The molecule has 0 aliphatic carbocycles. The molecule has 1 aliphatic rings. The molecule has 1 heterocycles. The predicted molar refractivity (Wildman–Crippen MR) is 60.5 cm³/mol. The summed E-state index contributed by atoms with van der Waals surface area (Å²) in [5, 5.41) is 0.206. The molecule has 0 aromatic heterocycles. The molecule has 0 N–H and O–H groups in total. The molecule has 0 radical (unpaired) electrons. The number of nitrogens with zero attached hydrogens (tertiary/aromatic N) is 1. The zero-order chi connectivity index (χ0) is 10.7. The summed E-state index contributed by atoms with van der Waals surface area (Å²) < 4.78 is 13.2. The summed E-state index contributed by atoms with van der Waals surface area (Å²) in [5.41, 5.74) is 1.01. The molecule has 1 fully saturated rings. The van der Waals surface area contributed by atoms with E-state index in [1.54, 1.807) is 6.07 Å². The van der Waals surface area contributed by atoms with Gasteiger partial charge in [-0.2, -0.15) is 0 Å². The van der Waals surface area contributed by atoms with Gasteiger partial charge in [0.25, 0.3) is 0 Å². The van der Waals surface area contributed by atoms with E-state index in [1.165, 1.54) is 25.3 Å². The minimum atomic E-state index is -0.314. The molecule has 0 bridgehead atoms. The quantitative estimate of drug-likeness (QED) is 0.748. The van der Waals surface area contributed by atoms with Crippen LogP contribution in [0.4, 0.5) is 4.39 Å². The van der Waals surface area contributed by atoms with Crippen molar-refractivity contribution >= 4 is 11.6 Å². The van der Waals surface area contributed by atoms with E-state index in [1.807, 2.05) is 6.07 Å². The van der Waals surface area contributed by atoms with Gasteiger partial charge in [-0.25, -0.2) is 4.39 Å². The monoisotopic (exact) mass is 227 g/mol. The van der Waals surface area contributed by atoms with E-state index >= 15 is 0 Å². The number of hydrogen-bond acceptors (Lipinski definition) is 1. The molecular formula is C12H15ClFN. The Hall–Kier alpha value is -0.600. The standard InChI is InChI=1S/C12H15ClFN/c13-11-5-4-10(8-12(11)14)9-15-6-2-1-3-7-15/h4-5,8H,1-3,6-7,9H2. The summed E-state index contributed by atoms with van der Waals surface area (Å²) in [6.07, 6.45) is 3.84. The lowest BCUT2D eigenvalue weighted by Crippen LogP contribution is -2.29. The van der Waals surface area contributed by atoms with E-state index in [4.69, 9.17) is 11.6 Å². The van der Waals surface area contributed by atoms with Crippen LogP contribution in [0.25, 0.3) is 0 Å². The Morgan fingerprint density at radius 1 is 1.20 bits per heavy atom. The van der Waals surface area contributed by atoms with Crippen molar-refractivity contribution in [2.24, 2.45) is 0 Å². The van der Waals surface area contributed by atoms with Gasteiger partial charge in [-0.15, -0.1) is 0 Å². The number of rotatable bonds is 2. The Morgan fingerprint density at radius 2 is 1.93 bits per heavy atom. The number of hydrogen-bond donors (Lipinski definition) is 0. The molecular weight excluding hydrogens is 213 g/mol. The van der Waals surface area contributed by atoms with Crippen LogP contribution in [-0.4, -0.2) is 18.0 Å². The summed E-state index contributed by atoms with van der Waals surface area (Å²) in [7, 11) is 0. The van der Waals surface area contributed by atoms with Crippen molar-refractivity contribution in [1.82, 2.24) is 4.90 Å². The summed E-state index contributed by atoms with van der Waals surface area (Å²) in [6.45, 7) is 3.10. The van der Waals surface area contributed by atoms with Crippen molar-refractivity contribution in [2.75, 3.05) is 13.1 Å². The summed E-state index contributed by atoms with van der Waals surface area (Å²) in [4.78, 5) is 2.37. The molecule has 0 unspecified atom stereocenters. The highest BCUT2D eigenvalue weighted by molar-refractivity contribution is 6.30. The second kappa shape index (κ2) is 4.95. The fraction of sp³-hybridized carbons (Fsp3) is 0.500. The van der Waals surface area contributed by atoms with E-state index in [-0.39, 0.29) is 10.8 Å². The first kappa shape index (κ1) is 10.9. The summed E-state index contributed by atoms with van der Waals surface area (Å²) in [5.74, 6) is -0.314. The Morgan fingerprint density at radius 3 is 2.60 bits per heavy atom. The van der Waals surface area contributed by atoms with Crippen LogP contribution < -0.4 is 0 Å². The van der Waals surface area contributed by atoms with Crippen LogP contribution >= 0.6 is 11.6 Å². The van der Waals surface area contributed by atoms with Gasteiger partial charge in [-0.05, 0) is 43.6 Å².